The van der Waals surface area contributed by atoms with E-state index >= 15 is 0 Å². The molecule has 4 N–H and O–H groups in total. The molecule has 7 heteroatoms. The first-order chi connectivity index (χ1) is 15.5. The molecule has 1 atom stereocenters. The SMILES string of the molecule is CC1CCN(C(=O)c2ccc(NC(=O)NC(CO)Cc3c[nH]c4ccccc34)cc2)CC1. The smallest absolute Gasteiger partial charge is 0.319 e. The Morgan fingerprint density at radius 2 is 1.84 bits per heavy atom. The van der Waals surface area contributed by atoms with Crippen LogP contribution in [0.2, 0.25) is 0 Å². The Morgan fingerprint density at radius 1 is 1.12 bits per heavy atom. The topological polar surface area (TPSA) is 97.5 Å². The van der Waals surface area contributed by atoms with E-state index < -0.39 is 12.1 Å². The molecule has 0 bridgehead atoms. The van der Waals surface area contributed by atoms with E-state index in [1.165, 1.54) is 0 Å². The second-order valence-corrected chi connectivity index (χ2v) is 8.59. The maximum absolute atomic E-state index is 12.7. The van der Waals surface area contributed by atoms with Gasteiger partial charge in [-0.15, -0.1) is 0 Å². The summed E-state index contributed by atoms with van der Waals surface area (Å²) in [6.45, 7) is 3.63. The molecule has 0 spiro atoms. The van der Waals surface area contributed by atoms with Crippen molar-refractivity contribution in [2.24, 2.45) is 5.92 Å². The number of rotatable bonds is 6. The Morgan fingerprint density at radius 3 is 2.56 bits per heavy atom. The molecular weight excluding hydrogens is 404 g/mol. The average molecular weight is 435 g/mol. The number of nitrogens with one attached hydrogen (secondary N) is 3. The molecule has 4 rings (SSSR count). The Bertz CT molecular complexity index is 1070. The summed E-state index contributed by atoms with van der Waals surface area (Å²) in [5, 5.41) is 16.4. The van der Waals surface area contributed by atoms with Crippen LogP contribution in [0.25, 0.3) is 10.9 Å². The minimum Gasteiger partial charge on any atom is -0.394 e. The van der Waals surface area contributed by atoms with Crippen LogP contribution in [0.15, 0.2) is 54.7 Å². The van der Waals surface area contributed by atoms with Gasteiger partial charge in [0.25, 0.3) is 5.91 Å². The maximum Gasteiger partial charge on any atom is 0.319 e. The second-order valence-electron chi connectivity index (χ2n) is 8.59. The molecule has 0 saturated carbocycles. The standard InChI is InChI=1S/C25H30N4O3/c1-17-10-12-29(13-11-17)24(31)18-6-8-20(9-7-18)27-25(32)28-21(16-30)14-19-15-26-23-5-3-2-4-22(19)23/h2-9,15,17,21,26,30H,10-14,16H2,1H3,(H2,27,28,32). The molecule has 1 fully saturated rings. The quantitative estimate of drug-likeness (QED) is 0.475. The number of benzene rings is 2. The van der Waals surface area contributed by atoms with Crippen LogP contribution in [-0.4, -0.2) is 52.7 Å². The normalized spacial score (nSPS) is 15.5. The second kappa shape index (κ2) is 9.87. The van der Waals surface area contributed by atoms with E-state index in [-0.39, 0.29) is 12.5 Å². The summed E-state index contributed by atoms with van der Waals surface area (Å²) in [5.74, 6) is 0.704. The molecule has 1 aliphatic rings. The first-order valence-corrected chi connectivity index (χ1v) is 11.2. The molecule has 3 aromatic rings. The number of para-hydroxylation sites is 1. The third kappa shape index (κ3) is 5.11. The Balaban J connectivity index is 1.32. The summed E-state index contributed by atoms with van der Waals surface area (Å²) >= 11 is 0. The number of aliphatic hydroxyl groups excluding tert-OH is 1. The Kier molecular flexibility index (Phi) is 6.75. The van der Waals surface area contributed by atoms with E-state index in [1.807, 2.05) is 35.4 Å². The number of urea groups is 1. The van der Waals surface area contributed by atoms with Crippen LogP contribution >= 0.6 is 0 Å². The zero-order chi connectivity index (χ0) is 22.5. The molecule has 1 saturated heterocycles. The summed E-state index contributed by atoms with van der Waals surface area (Å²) < 4.78 is 0. The lowest BCUT2D eigenvalue weighted by Gasteiger charge is -2.30. The average Bonchev–Trinajstić information content (AvgIpc) is 3.22. The zero-order valence-corrected chi connectivity index (χ0v) is 18.3. The number of carbonyl (C=O) groups is 2. The predicted octanol–water partition coefficient (Wildman–Crippen LogP) is 3.77. The van der Waals surface area contributed by atoms with E-state index in [9.17, 15) is 14.7 Å². The number of H-pyrrole nitrogens is 1. The van der Waals surface area contributed by atoms with Crippen LogP contribution in [0.4, 0.5) is 10.5 Å². The molecule has 168 valence electrons. The third-order valence-electron chi connectivity index (χ3n) is 6.16. The van der Waals surface area contributed by atoms with E-state index in [0.717, 1.165) is 42.4 Å². The van der Waals surface area contributed by atoms with Gasteiger partial charge in [0, 0.05) is 41.4 Å². The summed E-state index contributed by atoms with van der Waals surface area (Å²) in [4.78, 5) is 30.2. The molecule has 3 amide bonds. The van der Waals surface area contributed by atoms with Gasteiger partial charge in [-0.25, -0.2) is 4.79 Å². The van der Waals surface area contributed by atoms with Gasteiger partial charge in [0.2, 0.25) is 0 Å². The van der Waals surface area contributed by atoms with E-state index in [1.54, 1.807) is 24.3 Å². The third-order valence-corrected chi connectivity index (χ3v) is 6.16. The van der Waals surface area contributed by atoms with Gasteiger partial charge in [0.15, 0.2) is 0 Å². The number of carbonyl (C=O) groups excluding carboxylic acids is 2. The van der Waals surface area contributed by atoms with Crippen molar-refractivity contribution in [3.8, 4) is 0 Å². The number of hydrogen-bond acceptors (Lipinski definition) is 3. The summed E-state index contributed by atoms with van der Waals surface area (Å²) in [7, 11) is 0. The highest BCUT2D eigenvalue weighted by atomic mass is 16.3. The van der Waals surface area contributed by atoms with Crippen LogP contribution in [-0.2, 0) is 6.42 Å². The highest BCUT2D eigenvalue weighted by Crippen LogP contribution is 2.20. The van der Waals surface area contributed by atoms with Crippen molar-refractivity contribution in [1.29, 1.82) is 0 Å². The molecule has 7 nitrogen and oxygen atoms in total. The fourth-order valence-corrected chi connectivity index (χ4v) is 4.17. The van der Waals surface area contributed by atoms with Gasteiger partial charge in [0.05, 0.1) is 12.6 Å². The predicted molar refractivity (Wildman–Crippen MR) is 126 cm³/mol. The molecule has 1 aromatic heterocycles. The van der Waals surface area contributed by atoms with Crippen molar-refractivity contribution >= 4 is 28.5 Å². The molecule has 1 aliphatic heterocycles. The highest BCUT2D eigenvalue weighted by Gasteiger charge is 2.21. The van der Waals surface area contributed by atoms with Gasteiger partial charge in [-0.05, 0) is 61.1 Å². The fourth-order valence-electron chi connectivity index (χ4n) is 4.17. The van der Waals surface area contributed by atoms with E-state index in [0.29, 0.717) is 23.6 Å². The van der Waals surface area contributed by atoms with Crippen LogP contribution in [0.3, 0.4) is 0 Å². The lowest BCUT2D eigenvalue weighted by Crippen LogP contribution is -2.41. The van der Waals surface area contributed by atoms with Gasteiger partial charge < -0.3 is 25.6 Å². The van der Waals surface area contributed by atoms with Crippen LogP contribution in [0.5, 0.6) is 0 Å². The summed E-state index contributed by atoms with van der Waals surface area (Å²) in [6, 6.07) is 14.1. The number of hydrogen-bond donors (Lipinski definition) is 4. The first-order valence-electron chi connectivity index (χ1n) is 11.2. The molecule has 0 aliphatic carbocycles. The molecule has 1 unspecified atom stereocenters. The lowest BCUT2D eigenvalue weighted by atomic mass is 9.98. The molecule has 32 heavy (non-hydrogen) atoms. The number of anilines is 1. The lowest BCUT2D eigenvalue weighted by molar-refractivity contribution is 0.0697. The van der Waals surface area contributed by atoms with Crippen molar-refractivity contribution < 1.29 is 14.7 Å². The van der Waals surface area contributed by atoms with Crippen LogP contribution in [0.1, 0.15) is 35.7 Å². The van der Waals surface area contributed by atoms with E-state index in [2.05, 4.69) is 22.5 Å². The number of likely N-dealkylation sites (tertiary alicyclic amines) is 1. The van der Waals surface area contributed by atoms with Crippen molar-refractivity contribution in [3.63, 3.8) is 0 Å². The number of fused-ring (bicyclic) bond motifs is 1. The minimum atomic E-state index is -0.420. The molecule has 2 heterocycles. The Hall–Kier alpha value is -3.32. The van der Waals surface area contributed by atoms with Gasteiger partial charge >= 0.3 is 6.03 Å². The van der Waals surface area contributed by atoms with E-state index in [4.69, 9.17) is 0 Å². The molecule has 0 radical (unpaired) electrons. The summed E-state index contributed by atoms with van der Waals surface area (Å²) in [5.41, 5.74) is 3.28. The van der Waals surface area contributed by atoms with Crippen molar-refractivity contribution in [3.05, 3.63) is 65.9 Å². The minimum absolute atomic E-state index is 0.0342. The molecule has 2 aromatic carbocycles. The number of aromatic nitrogens is 1. The number of aliphatic hydroxyl groups is 1. The van der Waals surface area contributed by atoms with Crippen molar-refractivity contribution in [2.45, 2.75) is 32.2 Å². The van der Waals surface area contributed by atoms with Gasteiger partial charge in [-0.3, -0.25) is 4.79 Å². The largest absolute Gasteiger partial charge is 0.394 e. The van der Waals surface area contributed by atoms with Crippen molar-refractivity contribution in [2.75, 3.05) is 25.0 Å². The fraction of sp³-hybridized carbons (Fsp3) is 0.360. The maximum atomic E-state index is 12.7. The number of amides is 3. The van der Waals surface area contributed by atoms with Gasteiger partial charge in [0.1, 0.15) is 0 Å². The number of nitrogens with zero attached hydrogens (tertiary/aromatic N) is 1. The Labute approximate surface area is 187 Å². The van der Waals surface area contributed by atoms with Crippen LogP contribution < -0.4 is 10.6 Å². The van der Waals surface area contributed by atoms with Gasteiger partial charge in [-0.2, -0.15) is 0 Å². The first kappa shape index (κ1) is 21.9. The summed E-state index contributed by atoms with van der Waals surface area (Å²) in [6.07, 6.45) is 4.49. The highest BCUT2D eigenvalue weighted by molar-refractivity contribution is 5.95. The molecular formula is C25H30N4O3. The van der Waals surface area contributed by atoms with Crippen molar-refractivity contribution in [1.82, 2.24) is 15.2 Å². The number of aromatic amines is 1. The number of piperidine rings is 1. The monoisotopic (exact) mass is 434 g/mol. The zero-order valence-electron chi connectivity index (χ0n) is 18.3. The van der Waals surface area contributed by atoms with Crippen LogP contribution in [0, 0.1) is 5.92 Å². The van der Waals surface area contributed by atoms with Gasteiger partial charge in [-0.1, -0.05) is 25.1 Å².